The summed E-state index contributed by atoms with van der Waals surface area (Å²) in [5, 5.41) is 10.6. The molecule has 0 saturated carbocycles. The van der Waals surface area contributed by atoms with E-state index in [0.717, 1.165) is 108 Å². The van der Waals surface area contributed by atoms with Gasteiger partial charge in [-0.2, -0.15) is 0 Å². The highest BCUT2D eigenvalue weighted by Gasteiger charge is 2.30. The number of ether oxygens (including phenoxy) is 4. The Bertz CT molecular complexity index is 1850. The Morgan fingerprint density at radius 1 is 0.305 bits per heavy atom. The van der Waals surface area contributed by atoms with Crippen LogP contribution in [0.5, 0.6) is 0 Å². The van der Waals surface area contributed by atoms with Crippen molar-refractivity contribution in [3.63, 3.8) is 0 Å². The minimum Gasteiger partial charge on any atom is -0.462 e. The van der Waals surface area contributed by atoms with Crippen LogP contribution < -0.4 is 0 Å². The molecule has 3 unspecified atom stereocenters. The Morgan fingerprint density at radius 3 is 0.800 bits per heavy atom. The summed E-state index contributed by atoms with van der Waals surface area (Å²) >= 11 is 0. The summed E-state index contributed by atoms with van der Waals surface area (Å²) in [4.78, 5) is 72.8. The first-order valence-electron chi connectivity index (χ1n) is 39.4. The third-order valence-corrected chi connectivity index (χ3v) is 19.9. The number of carbonyl (C=O) groups is 4. The lowest BCUT2D eigenvalue weighted by Gasteiger charge is -2.21. The molecule has 0 heterocycles. The van der Waals surface area contributed by atoms with Crippen LogP contribution in [0.1, 0.15) is 389 Å². The first-order valence-corrected chi connectivity index (χ1v) is 42.4. The van der Waals surface area contributed by atoms with Gasteiger partial charge in [0.15, 0.2) is 12.2 Å². The lowest BCUT2D eigenvalue weighted by atomic mass is 9.99. The van der Waals surface area contributed by atoms with Crippen molar-refractivity contribution < 1.29 is 80.2 Å². The van der Waals surface area contributed by atoms with Gasteiger partial charge in [0, 0.05) is 25.7 Å². The number of phosphoric acid groups is 2. The SMILES string of the molecule is CCCCCCCCCCCCCCCCCC(=O)OC[C@H](COP(=O)(O)OC[C@@H](O)COP(=O)(O)OC[C@@H](COC(=O)CCCCCCCCCCC(C)CC)OC(=O)CCCCCCCCCCCC(C)C)OC(=O)CCCCCCCCCCCCCCCC(C)C. The van der Waals surface area contributed by atoms with Gasteiger partial charge in [-0.1, -0.05) is 337 Å². The van der Waals surface area contributed by atoms with Crippen LogP contribution in [-0.2, 0) is 65.4 Å². The predicted octanol–water partition coefficient (Wildman–Crippen LogP) is 22.2. The zero-order valence-electron chi connectivity index (χ0n) is 62.1. The maximum Gasteiger partial charge on any atom is 0.472 e. The fourth-order valence-electron chi connectivity index (χ4n) is 11.6. The molecule has 6 atom stereocenters. The monoisotopic (exact) mass is 1400 g/mol. The van der Waals surface area contributed by atoms with Crippen molar-refractivity contribution in [1.29, 1.82) is 0 Å². The second kappa shape index (κ2) is 66.6. The van der Waals surface area contributed by atoms with Crippen molar-refractivity contribution in [3.8, 4) is 0 Å². The van der Waals surface area contributed by atoms with E-state index in [9.17, 15) is 43.2 Å². The standard InChI is InChI=1S/C76H148O17P2/c1-8-10-11-12-13-14-15-16-17-20-23-28-36-43-50-57-73(78)86-63-71(92-75(80)59-52-45-38-29-24-21-18-19-22-26-33-40-47-54-67(3)4)65-90-94(82,83)88-61-70(77)62-89-95(84,85)91-66-72(93-76(81)60-53-46-39-30-25-27-34-41-48-55-68(5)6)64-87-74(79)58-51-44-37-32-31-35-42-49-56-69(7)9-2/h67-72,77H,8-66H2,1-7H3,(H,82,83)(H,84,85)/t69?,70-,71-,72-/m1/s1. The van der Waals surface area contributed by atoms with E-state index in [1.807, 2.05) is 0 Å². The second-order valence-corrected chi connectivity index (χ2v) is 31.5. The molecule has 0 aromatic heterocycles. The average molecular weight is 1400 g/mol. The minimum atomic E-state index is -4.96. The van der Waals surface area contributed by atoms with Gasteiger partial charge in [-0.15, -0.1) is 0 Å². The molecule has 0 fully saturated rings. The number of hydrogen-bond donors (Lipinski definition) is 3. The molecule has 0 aromatic carbocycles. The maximum absolute atomic E-state index is 13.1. The van der Waals surface area contributed by atoms with Gasteiger partial charge < -0.3 is 33.8 Å². The Kier molecular flexibility index (Phi) is 65.2. The Balaban J connectivity index is 5.27. The topological polar surface area (TPSA) is 237 Å². The molecule has 0 rings (SSSR count). The molecule has 0 aliphatic heterocycles. The molecule has 564 valence electrons. The van der Waals surface area contributed by atoms with Gasteiger partial charge in [0.1, 0.15) is 19.3 Å². The molecule has 19 heteroatoms. The van der Waals surface area contributed by atoms with E-state index in [2.05, 4.69) is 48.5 Å². The molecule has 95 heavy (non-hydrogen) atoms. The highest BCUT2D eigenvalue weighted by molar-refractivity contribution is 7.47. The molecule has 0 spiro atoms. The number of carbonyl (C=O) groups excluding carboxylic acids is 4. The van der Waals surface area contributed by atoms with Crippen LogP contribution in [0.3, 0.4) is 0 Å². The lowest BCUT2D eigenvalue weighted by Crippen LogP contribution is -2.30. The summed E-state index contributed by atoms with van der Waals surface area (Å²) < 4.78 is 68.6. The fraction of sp³-hybridized carbons (Fsp3) is 0.947. The molecule has 0 saturated heterocycles. The van der Waals surface area contributed by atoms with Gasteiger partial charge in [-0.05, 0) is 43.4 Å². The van der Waals surface area contributed by atoms with E-state index in [4.69, 9.17) is 37.0 Å². The molecular weight excluding hydrogens is 1250 g/mol. The number of aliphatic hydroxyl groups is 1. The van der Waals surface area contributed by atoms with E-state index in [-0.39, 0.29) is 25.7 Å². The van der Waals surface area contributed by atoms with Crippen molar-refractivity contribution in [2.45, 2.75) is 407 Å². The lowest BCUT2D eigenvalue weighted by molar-refractivity contribution is -0.161. The predicted molar refractivity (Wildman–Crippen MR) is 386 cm³/mol. The van der Waals surface area contributed by atoms with Crippen LogP contribution in [0.25, 0.3) is 0 Å². The summed E-state index contributed by atoms with van der Waals surface area (Å²) in [6, 6.07) is 0. The number of phosphoric ester groups is 2. The van der Waals surface area contributed by atoms with Crippen molar-refractivity contribution in [2.24, 2.45) is 17.8 Å². The average Bonchev–Trinajstić information content (AvgIpc) is 2.72. The zero-order valence-corrected chi connectivity index (χ0v) is 63.9. The highest BCUT2D eigenvalue weighted by Crippen LogP contribution is 2.45. The Morgan fingerprint density at radius 2 is 0.537 bits per heavy atom. The van der Waals surface area contributed by atoms with Crippen molar-refractivity contribution >= 4 is 39.5 Å². The van der Waals surface area contributed by atoms with Crippen molar-refractivity contribution in [2.75, 3.05) is 39.6 Å². The summed E-state index contributed by atoms with van der Waals surface area (Å²) in [5.74, 6) is 0.183. The van der Waals surface area contributed by atoms with E-state index in [1.165, 1.54) is 199 Å². The largest absolute Gasteiger partial charge is 0.472 e. The molecule has 0 radical (unpaired) electrons. The maximum atomic E-state index is 13.1. The first kappa shape index (κ1) is 93.1. The van der Waals surface area contributed by atoms with Gasteiger partial charge in [-0.3, -0.25) is 37.3 Å². The van der Waals surface area contributed by atoms with Gasteiger partial charge in [0.05, 0.1) is 26.4 Å². The molecule has 0 aromatic rings. The van der Waals surface area contributed by atoms with Crippen molar-refractivity contribution in [3.05, 3.63) is 0 Å². The minimum absolute atomic E-state index is 0.105. The van der Waals surface area contributed by atoms with E-state index < -0.39 is 97.5 Å². The van der Waals surface area contributed by atoms with Crippen LogP contribution in [0.2, 0.25) is 0 Å². The third kappa shape index (κ3) is 69.0. The first-order chi connectivity index (χ1) is 45.8. The second-order valence-electron chi connectivity index (χ2n) is 28.6. The number of esters is 4. The van der Waals surface area contributed by atoms with Gasteiger partial charge in [0.2, 0.25) is 0 Å². The zero-order chi connectivity index (χ0) is 70.1. The van der Waals surface area contributed by atoms with Crippen LogP contribution in [-0.4, -0.2) is 96.7 Å². The summed E-state index contributed by atoms with van der Waals surface area (Å²) in [7, 11) is -9.91. The highest BCUT2D eigenvalue weighted by atomic mass is 31.2. The number of unbranched alkanes of at least 4 members (excludes halogenated alkanes) is 41. The molecular formula is C76H148O17P2. The van der Waals surface area contributed by atoms with Gasteiger partial charge in [0.25, 0.3) is 0 Å². The fourth-order valence-corrected chi connectivity index (χ4v) is 13.1. The molecule has 0 bridgehead atoms. The third-order valence-electron chi connectivity index (χ3n) is 18.0. The number of rotatable bonds is 74. The summed E-state index contributed by atoms with van der Waals surface area (Å²) in [5.41, 5.74) is 0. The Hall–Kier alpha value is -1.94. The van der Waals surface area contributed by atoms with Gasteiger partial charge in [-0.25, -0.2) is 9.13 Å². The smallest absolute Gasteiger partial charge is 0.462 e. The molecule has 0 aliphatic rings. The molecule has 3 N–H and O–H groups in total. The molecule has 17 nitrogen and oxygen atoms in total. The van der Waals surface area contributed by atoms with E-state index in [1.54, 1.807) is 0 Å². The van der Waals surface area contributed by atoms with E-state index >= 15 is 0 Å². The van der Waals surface area contributed by atoms with Crippen LogP contribution in [0.15, 0.2) is 0 Å². The van der Waals surface area contributed by atoms with Crippen LogP contribution >= 0.6 is 15.6 Å². The normalized spacial score (nSPS) is 14.4. The summed E-state index contributed by atoms with van der Waals surface area (Å²) in [6.45, 7) is 11.9. The summed E-state index contributed by atoms with van der Waals surface area (Å²) in [6.07, 6.45) is 52.6. The number of hydrogen-bond acceptors (Lipinski definition) is 15. The van der Waals surface area contributed by atoms with Crippen molar-refractivity contribution in [1.82, 2.24) is 0 Å². The molecule has 0 aliphatic carbocycles. The Labute approximate surface area is 581 Å². The van der Waals surface area contributed by atoms with Crippen LogP contribution in [0.4, 0.5) is 0 Å². The quantitative estimate of drug-likeness (QED) is 0.0222. The van der Waals surface area contributed by atoms with Gasteiger partial charge >= 0.3 is 39.5 Å². The van der Waals surface area contributed by atoms with E-state index in [0.29, 0.717) is 25.7 Å². The van der Waals surface area contributed by atoms with Crippen LogP contribution in [0, 0.1) is 17.8 Å². The number of aliphatic hydroxyl groups excluding tert-OH is 1. The molecule has 0 amide bonds.